The fraction of sp³-hybridized carbons (Fsp3) is 0.900. The Hall–Kier alpha value is -0.620. The SMILES string of the molecule is O=C(CS(=O)(=O)CCO)NC1CCCCC1. The minimum absolute atomic E-state index is 0.130. The van der Waals surface area contributed by atoms with E-state index in [4.69, 9.17) is 5.11 Å². The van der Waals surface area contributed by atoms with Crippen LogP contribution < -0.4 is 5.32 Å². The van der Waals surface area contributed by atoms with E-state index >= 15 is 0 Å². The highest BCUT2D eigenvalue weighted by Crippen LogP contribution is 2.17. The summed E-state index contributed by atoms with van der Waals surface area (Å²) in [5.74, 6) is -1.30. The Bertz CT molecular complexity index is 320. The van der Waals surface area contributed by atoms with Crippen molar-refractivity contribution in [3.63, 3.8) is 0 Å². The second-order valence-corrected chi connectivity index (χ2v) is 6.40. The molecule has 1 saturated carbocycles. The van der Waals surface area contributed by atoms with Crippen molar-refractivity contribution in [3.8, 4) is 0 Å². The highest BCUT2D eigenvalue weighted by Gasteiger charge is 2.20. The van der Waals surface area contributed by atoms with Gasteiger partial charge in [0.05, 0.1) is 12.4 Å². The lowest BCUT2D eigenvalue weighted by molar-refractivity contribution is -0.119. The van der Waals surface area contributed by atoms with E-state index in [1.165, 1.54) is 6.42 Å². The summed E-state index contributed by atoms with van der Waals surface area (Å²) in [6.07, 6.45) is 5.25. The first kappa shape index (κ1) is 13.4. The van der Waals surface area contributed by atoms with Gasteiger partial charge in [-0.25, -0.2) is 8.42 Å². The number of aliphatic hydroxyl groups excluding tert-OH is 1. The van der Waals surface area contributed by atoms with Crippen molar-refractivity contribution in [2.75, 3.05) is 18.1 Å². The second kappa shape index (κ2) is 6.20. The summed E-state index contributed by atoms with van der Waals surface area (Å²) in [5, 5.41) is 11.3. The third-order valence-electron chi connectivity index (χ3n) is 2.72. The topological polar surface area (TPSA) is 83.5 Å². The van der Waals surface area contributed by atoms with E-state index in [-0.39, 0.29) is 11.8 Å². The van der Waals surface area contributed by atoms with Gasteiger partial charge in [-0.3, -0.25) is 4.79 Å². The number of aliphatic hydroxyl groups is 1. The number of carbonyl (C=O) groups excluding carboxylic acids is 1. The molecule has 0 spiro atoms. The van der Waals surface area contributed by atoms with Crippen LogP contribution in [-0.4, -0.2) is 43.6 Å². The van der Waals surface area contributed by atoms with Gasteiger partial charge in [-0.2, -0.15) is 0 Å². The first-order valence-electron chi connectivity index (χ1n) is 5.64. The summed E-state index contributed by atoms with van der Waals surface area (Å²) in [4.78, 5) is 11.4. The van der Waals surface area contributed by atoms with Crippen LogP contribution in [0.15, 0.2) is 0 Å². The zero-order valence-electron chi connectivity index (χ0n) is 9.31. The molecule has 0 aromatic heterocycles. The van der Waals surface area contributed by atoms with Gasteiger partial charge in [0.2, 0.25) is 5.91 Å². The number of nitrogens with one attached hydrogen (secondary N) is 1. The molecule has 0 aromatic rings. The summed E-state index contributed by atoms with van der Waals surface area (Å²) in [5.41, 5.74) is 0. The zero-order chi connectivity index (χ0) is 12.0. The summed E-state index contributed by atoms with van der Waals surface area (Å²) in [6.45, 7) is -0.432. The van der Waals surface area contributed by atoms with Gasteiger partial charge in [-0.15, -0.1) is 0 Å². The predicted molar refractivity (Wildman–Crippen MR) is 60.8 cm³/mol. The Kier molecular flexibility index (Phi) is 5.21. The predicted octanol–water partition coefficient (Wildman–Crippen LogP) is -0.158. The average Bonchev–Trinajstić information content (AvgIpc) is 2.17. The van der Waals surface area contributed by atoms with E-state index in [0.29, 0.717) is 0 Å². The molecular formula is C10H19NO4S. The van der Waals surface area contributed by atoms with Crippen LogP contribution in [-0.2, 0) is 14.6 Å². The van der Waals surface area contributed by atoms with Crippen molar-refractivity contribution in [3.05, 3.63) is 0 Å². The summed E-state index contributed by atoms with van der Waals surface area (Å²) < 4.78 is 22.5. The minimum atomic E-state index is -3.44. The molecule has 6 heteroatoms. The van der Waals surface area contributed by atoms with Gasteiger partial charge in [0, 0.05) is 6.04 Å². The van der Waals surface area contributed by atoms with E-state index in [2.05, 4.69) is 5.32 Å². The zero-order valence-corrected chi connectivity index (χ0v) is 10.1. The molecule has 1 rings (SSSR count). The smallest absolute Gasteiger partial charge is 0.235 e. The number of carbonyl (C=O) groups is 1. The van der Waals surface area contributed by atoms with E-state index in [1.54, 1.807) is 0 Å². The minimum Gasteiger partial charge on any atom is -0.395 e. The Labute approximate surface area is 96.1 Å². The molecule has 0 atom stereocenters. The van der Waals surface area contributed by atoms with Crippen LogP contribution in [0.25, 0.3) is 0 Å². The number of sulfone groups is 1. The second-order valence-electron chi connectivity index (χ2n) is 4.22. The van der Waals surface area contributed by atoms with Crippen LogP contribution in [0.1, 0.15) is 32.1 Å². The van der Waals surface area contributed by atoms with E-state index in [9.17, 15) is 13.2 Å². The van der Waals surface area contributed by atoms with E-state index in [1.807, 2.05) is 0 Å². The highest BCUT2D eigenvalue weighted by molar-refractivity contribution is 7.92. The first-order chi connectivity index (χ1) is 7.53. The highest BCUT2D eigenvalue weighted by atomic mass is 32.2. The number of hydrogen-bond donors (Lipinski definition) is 2. The Balaban J connectivity index is 2.34. The van der Waals surface area contributed by atoms with Crippen LogP contribution in [0.4, 0.5) is 0 Å². The Morgan fingerprint density at radius 3 is 2.44 bits per heavy atom. The third kappa shape index (κ3) is 4.94. The number of amides is 1. The van der Waals surface area contributed by atoms with Gasteiger partial charge in [0.25, 0.3) is 0 Å². The van der Waals surface area contributed by atoms with Crippen molar-refractivity contribution in [2.45, 2.75) is 38.1 Å². The molecule has 1 aliphatic carbocycles. The molecule has 94 valence electrons. The van der Waals surface area contributed by atoms with Crippen molar-refractivity contribution >= 4 is 15.7 Å². The van der Waals surface area contributed by atoms with Gasteiger partial charge < -0.3 is 10.4 Å². The molecular weight excluding hydrogens is 230 g/mol. The monoisotopic (exact) mass is 249 g/mol. The van der Waals surface area contributed by atoms with Crippen molar-refractivity contribution < 1.29 is 18.3 Å². The molecule has 1 fully saturated rings. The first-order valence-corrected chi connectivity index (χ1v) is 7.46. The lowest BCUT2D eigenvalue weighted by atomic mass is 9.95. The van der Waals surface area contributed by atoms with Crippen molar-refractivity contribution in [1.82, 2.24) is 5.32 Å². The Morgan fingerprint density at radius 2 is 1.88 bits per heavy atom. The quantitative estimate of drug-likeness (QED) is 0.709. The van der Waals surface area contributed by atoms with E-state index < -0.39 is 28.1 Å². The van der Waals surface area contributed by atoms with Gasteiger partial charge in [-0.05, 0) is 12.8 Å². The van der Waals surface area contributed by atoms with Gasteiger partial charge >= 0.3 is 0 Å². The van der Waals surface area contributed by atoms with Gasteiger partial charge in [-0.1, -0.05) is 19.3 Å². The molecule has 1 amide bonds. The van der Waals surface area contributed by atoms with Crippen LogP contribution in [0.3, 0.4) is 0 Å². The lowest BCUT2D eigenvalue weighted by Gasteiger charge is -2.22. The fourth-order valence-electron chi connectivity index (χ4n) is 1.93. The maximum absolute atomic E-state index is 11.4. The number of hydrogen-bond acceptors (Lipinski definition) is 4. The van der Waals surface area contributed by atoms with Crippen LogP contribution in [0.2, 0.25) is 0 Å². The van der Waals surface area contributed by atoms with Gasteiger partial charge in [0.15, 0.2) is 9.84 Å². The molecule has 16 heavy (non-hydrogen) atoms. The molecule has 5 nitrogen and oxygen atoms in total. The summed E-state index contributed by atoms with van der Waals surface area (Å²) in [7, 11) is -3.44. The normalized spacial score (nSPS) is 18.3. The molecule has 2 N–H and O–H groups in total. The molecule has 0 aromatic carbocycles. The largest absolute Gasteiger partial charge is 0.395 e. The molecule has 0 radical (unpaired) electrons. The lowest BCUT2D eigenvalue weighted by Crippen LogP contribution is -2.40. The summed E-state index contributed by atoms with van der Waals surface area (Å²) >= 11 is 0. The third-order valence-corrected chi connectivity index (χ3v) is 4.23. The number of rotatable bonds is 5. The van der Waals surface area contributed by atoms with Gasteiger partial charge in [0.1, 0.15) is 5.75 Å². The fourth-order valence-corrected chi connectivity index (χ4v) is 2.83. The van der Waals surface area contributed by atoms with Crippen LogP contribution in [0, 0.1) is 0 Å². The van der Waals surface area contributed by atoms with Crippen LogP contribution in [0.5, 0.6) is 0 Å². The molecule has 0 unspecified atom stereocenters. The molecule has 0 saturated heterocycles. The maximum atomic E-state index is 11.4. The maximum Gasteiger partial charge on any atom is 0.235 e. The van der Waals surface area contributed by atoms with E-state index in [0.717, 1.165) is 25.7 Å². The summed E-state index contributed by atoms with van der Waals surface area (Å²) in [6, 6.07) is 0.130. The van der Waals surface area contributed by atoms with Crippen molar-refractivity contribution in [1.29, 1.82) is 0 Å². The molecule has 0 aliphatic heterocycles. The van der Waals surface area contributed by atoms with Crippen LogP contribution >= 0.6 is 0 Å². The van der Waals surface area contributed by atoms with Crippen molar-refractivity contribution in [2.24, 2.45) is 0 Å². The average molecular weight is 249 g/mol. The molecule has 0 bridgehead atoms. The Morgan fingerprint density at radius 1 is 1.25 bits per heavy atom. The molecule has 0 heterocycles. The molecule has 1 aliphatic rings. The standard InChI is InChI=1S/C10H19NO4S/c12-6-7-16(14,15)8-10(13)11-9-4-2-1-3-5-9/h9,12H,1-8H2,(H,11,13).